The molecular weight excluding hydrogens is 380 g/mol. The van der Waals surface area contributed by atoms with Crippen LogP contribution in [0.4, 0.5) is 11.4 Å². The summed E-state index contributed by atoms with van der Waals surface area (Å²) in [5, 5.41) is 13.6. The van der Waals surface area contributed by atoms with Crippen molar-refractivity contribution in [3.05, 3.63) is 70.3 Å². The van der Waals surface area contributed by atoms with Crippen molar-refractivity contribution in [2.24, 2.45) is 11.7 Å². The summed E-state index contributed by atoms with van der Waals surface area (Å²) in [7, 11) is 0. The van der Waals surface area contributed by atoms with Crippen LogP contribution in [-0.2, 0) is 4.79 Å². The highest BCUT2D eigenvalue weighted by atomic mass is 35.5. The Kier molecular flexibility index (Phi) is 7.51. The summed E-state index contributed by atoms with van der Waals surface area (Å²) in [5.74, 6) is 0.487. The van der Waals surface area contributed by atoms with Crippen LogP contribution in [0.25, 0.3) is 0 Å². The lowest BCUT2D eigenvalue weighted by Gasteiger charge is -2.23. The normalized spacial score (nSPS) is 20.2. The van der Waals surface area contributed by atoms with E-state index in [9.17, 15) is 14.9 Å². The summed E-state index contributed by atoms with van der Waals surface area (Å²) < 4.78 is 0. The highest BCUT2D eigenvalue weighted by molar-refractivity contribution is 5.94. The van der Waals surface area contributed by atoms with Gasteiger partial charge >= 0.3 is 0 Å². The third-order valence-electron chi connectivity index (χ3n) is 5.27. The second kappa shape index (κ2) is 9.64. The number of nitro groups is 1. The van der Waals surface area contributed by atoms with Crippen LogP contribution in [0, 0.1) is 16.0 Å². The van der Waals surface area contributed by atoms with Gasteiger partial charge in [0.15, 0.2) is 0 Å². The zero-order valence-corrected chi connectivity index (χ0v) is 16.5. The van der Waals surface area contributed by atoms with E-state index in [1.54, 1.807) is 12.1 Å². The minimum Gasteiger partial charge on any atom is -0.330 e. The average Bonchev–Trinajstić information content (AvgIpc) is 3.13. The predicted molar refractivity (Wildman–Crippen MR) is 112 cm³/mol. The molecule has 0 spiro atoms. The molecule has 1 aliphatic heterocycles. The van der Waals surface area contributed by atoms with Crippen LogP contribution in [-0.4, -0.2) is 41.4 Å². The Morgan fingerprint density at radius 1 is 1.21 bits per heavy atom. The molecular formula is C20H25ClN4O3. The molecule has 150 valence electrons. The van der Waals surface area contributed by atoms with Crippen LogP contribution < -0.4 is 11.1 Å². The number of carbonyl (C=O) groups is 1. The topological polar surface area (TPSA) is 101 Å². The first-order valence-corrected chi connectivity index (χ1v) is 9.04. The first-order chi connectivity index (χ1) is 13.0. The number of rotatable bonds is 6. The average molecular weight is 405 g/mol. The maximum absolute atomic E-state index is 12.6. The van der Waals surface area contributed by atoms with Crippen LogP contribution >= 0.6 is 12.4 Å². The summed E-state index contributed by atoms with van der Waals surface area (Å²) in [4.78, 5) is 25.0. The SMILES string of the molecule is CC(C(=O)Nc1ccc([N+](=O)[O-])cc1)N1C[C@@H](CN)[C@H](c2ccccc2)C1.Cl. The van der Waals surface area contributed by atoms with Crippen molar-refractivity contribution in [3.8, 4) is 0 Å². The molecule has 1 aliphatic rings. The van der Waals surface area contributed by atoms with Crippen molar-refractivity contribution in [3.63, 3.8) is 0 Å². The molecule has 1 fully saturated rings. The quantitative estimate of drug-likeness (QED) is 0.569. The molecule has 3 N–H and O–H groups in total. The zero-order chi connectivity index (χ0) is 19.4. The van der Waals surface area contributed by atoms with Crippen molar-refractivity contribution < 1.29 is 9.72 Å². The van der Waals surface area contributed by atoms with Gasteiger partial charge in [0.1, 0.15) is 0 Å². The first-order valence-electron chi connectivity index (χ1n) is 9.04. The number of hydrogen-bond donors (Lipinski definition) is 2. The number of likely N-dealkylation sites (tertiary alicyclic amines) is 1. The van der Waals surface area contributed by atoms with Crippen molar-refractivity contribution in [1.29, 1.82) is 0 Å². The van der Waals surface area contributed by atoms with E-state index < -0.39 is 4.92 Å². The van der Waals surface area contributed by atoms with Crippen LogP contribution in [0.15, 0.2) is 54.6 Å². The van der Waals surface area contributed by atoms with E-state index in [1.165, 1.54) is 17.7 Å². The fourth-order valence-corrected chi connectivity index (χ4v) is 3.62. The molecule has 28 heavy (non-hydrogen) atoms. The highest BCUT2D eigenvalue weighted by Gasteiger charge is 2.36. The Bertz CT molecular complexity index is 801. The second-order valence-electron chi connectivity index (χ2n) is 6.94. The maximum Gasteiger partial charge on any atom is 0.269 e. The van der Waals surface area contributed by atoms with Gasteiger partial charge in [0.05, 0.1) is 11.0 Å². The number of carbonyl (C=O) groups excluding carboxylic acids is 1. The molecule has 0 saturated carbocycles. The number of nitrogens with one attached hydrogen (secondary N) is 1. The van der Waals surface area contributed by atoms with Gasteiger partial charge in [-0.3, -0.25) is 19.8 Å². The zero-order valence-electron chi connectivity index (χ0n) is 15.7. The van der Waals surface area contributed by atoms with Gasteiger partial charge in [-0.25, -0.2) is 0 Å². The van der Waals surface area contributed by atoms with Gasteiger partial charge < -0.3 is 11.1 Å². The van der Waals surface area contributed by atoms with Crippen LogP contribution in [0.1, 0.15) is 18.4 Å². The van der Waals surface area contributed by atoms with Gasteiger partial charge in [0.25, 0.3) is 5.69 Å². The number of non-ortho nitro benzene ring substituents is 1. The molecule has 2 aromatic rings. The highest BCUT2D eigenvalue weighted by Crippen LogP contribution is 2.33. The van der Waals surface area contributed by atoms with Crippen LogP contribution in [0.5, 0.6) is 0 Å². The minimum absolute atomic E-state index is 0. The van der Waals surface area contributed by atoms with E-state index >= 15 is 0 Å². The Morgan fingerprint density at radius 2 is 1.86 bits per heavy atom. The Labute approximate surface area is 170 Å². The number of nitrogens with zero attached hydrogens (tertiary/aromatic N) is 2. The number of anilines is 1. The maximum atomic E-state index is 12.6. The number of halogens is 1. The third-order valence-corrected chi connectivity index (χ3v) is 5.27. The number of hydrogen-bond acceptors (Lipinski definition) is 5. The lowest BCUT2D eigenvalue weighted by Crippen LogP contribution is -2.41. The molecule has 1 unspecified atom stereocenters. The molecule has 0 bridgehead atoms. The molecule has 8 heteroatoms. The van der Waals surface area contributed by atoms with E-state index in [4.69, 9.17) is 5.73 Å². The number of nitro benzene ring substituents is 1. The fraction of sp³-hybridized carbons (Fsp3) is 0.350. The molecule has 7 nitrogen and oxygen atoms in total. The van der Waals surface area contributed by atoms with Crippen LogP contribution in [0.3, 0.4) is 0 Å². The molecule has 3 atom stereocenters. The summed E-state index contributed by atoms with van der Waals surface area (Å²) in [6.45, 7) is 4.00. The van der Waals surface area contributed by atoms with E-state index in [1.807, 2.05) is 25.1 Å². The molecule has 1 amide bonds. The van der Waals surface area contributed by atoms with Gasteiger partial charge in [-0.1, -0.05) is 30.3 Å². The lowest BCUT2D eigenvalue weighted by molar-refractivity contribution is -0.384. The standard InChI is InChI=1S/C20H24N4O3.ClH/c1-14(20(25)22-17-7-9-18(10-8-17)24(26)27)23-12-16(11-21)19(13-23)15-5-3-2-4-6-15;/h2-10,14,16,19H,11-13,21H2,1H3,(H,22,25);1H/t14?,16-,19+;/m1./s1. The van der Waals surface area contributed by atoms with E-state index in [2.05, 4.69) is 22.3 Å². The molecule has 0 radical (unpaired) electrons. The van der Waals surface area contributed by atoms with Gasteiger partial charge in [-0.2, -0.15) is 0 Å². The molecule has 2 aromatic carbocycles. The lowest BCUT2D eigenvalue weighted by atomic mass is 9.89. The smallest absolute Gasteiger partial charge is 0.269 e. The molecule has 3 rings (SSSR count). The van der Waals surface area contributed by atoms with Crippen molar-refractivity contribution in [1.82, 2.24) is 4.90 Å². The van der Waals surface area contributed by atoms with E-state index in [-0.39, 0.29) is 30.0 Å². The summed E-state index contributed by atoms with van der Waals surface area (Å²) in [6, 6.07) is 15.8. The fourth-order valence-electron chi connectivity index (χ4n) is 3.62. The predicted octanol–water partition coefficient (Wildman–Crippen LogP) is 3.02. The van der Waals surface area contributed by atoms with Crippen molar-refractivity contribution >= 4 is 29.7 Å². The van der Waals surface area contributed by atoms with Gasteiger partial charge in [-0.05, 0) is 37.1 Å². The summed E-state index contributed by atoms with van der Waals surface area (Å²) in [5.41, 5.74) is 7.77. The molecule has 1 heterocycles. The Morgan fingerprint density at radius 3 is 2.43 bits per heavy atom. The number of benzene rings is 2. The van der Waals surface area contributed by atoms with E-state index in [0.717, 1.165) is 13.1 Å². The number of amides is 1. The van der Waals surface area contributed by atoms with Crippen molar-refractivity contribution in [2.45, 2.75) is 18.9 Å². The summed E-state index contributed by atoms with van der Waals surface area (Å²) in [6.07, 6.45) is 0. The van der Waals surface area contributed by atoms with Gasteiger partial charge in [0, 0.05) is 36.8 Å². The third kappa shape index (κ3) is 4.86. The molecule has 0 aliphatic carbocycles. The first kappa shape index (κ1) is 21.8. The Balaban J connectivity index is 0.00000280. The Hall–Kier alpha value is -2.48. The minimum atomic E-state index is -0.463. The largest absolute Gasteiger partial charge is 0.330 e. The summed E-state index contributed by atoms with van der Waals surface area (Å²) >= 11 is 0. The molecule has 0 aromatic heterocycles. The van der Waals surface area contributed by atoms with E-state index in [0.29, 0.717) is 24.1 Å². The van der Waals surface area contributed by atoms with Crippen molar-refractivity contribution in [2.75, 3.05) is 25.0 Å². The molecule has 1 saturated heterocycles. The van der Waals surface area contributed by atoms with Gasteiger partial charge in [-0.15, -0.1) is 12.4 Å². The van der Waals surface area contributed by atoms with Gasteiger partial charge in [0.2, 0.25) is 5.91 Å². The van der Waals surface area contributed by atoms with Crippen LogP contribution in [0.2, 0.25) is 0 Å². The number of nitrogens with two attached hydrogens (primary N) is 1. The monoisotopic (exact) mass is 404 g/mol. The second-order valence-corrected chi connectivity index (χ2v) is 6.94.